The molecule has 0 radical (unpaired) electrons. The third-order valence-electron chi connectivity index (χ3n) is 4.68. The molecule has 1 N–H and O–H groups in total. The fourth-order valence-corrected chi connectivity index (χ4v) is 3.68. The first-order chi connectivity index (χ1) is 7.93. The van der Waals surface area contributed by atoms with E-state index in [2.05, 4.69) is 23.7 Å². The Bertz CT molecular complexity index is 297. The zero-order valence-corrected chi connectivity index (χ0v) is 10.1. The van der Waals surface area contributed by atoms with E-state index >= 15 is 0 Å². The summed E-state index contributed by atoms with van der Waals surface area (Å²) in [5, 5.41) is 3.67. The predicted molar refractivity (Wildman–Crippen MR) is 68.1 cm³/mol. The first kappa shape index (κ1) is 10.4. The van der Waals surface area contributed by atoms with Crippen molar-refractivity contribution in [2.45, 2.75) is 57.4 Å². The van der Waals surface area contributed by atoms with Crippen LogP contribution in [0.5, 0.6) is 0 Å². The van der Waals surface area contributed by atoms with Crippen LogP contribution in [0.3, 0.4) is 0 Å². The lowest BCUT2D eigenvalue weighted by Gasteiger charge is -2.37. The fraction of sp³-hybridized carbons (Fsp3) is 0.733. The fourth-order valence-electron chi connectivity index (χ4n) is 3.68. The van der Waals surface area contributed by atoms with Gasteiger partial charge in [0.1, 0.15) is 0 Å². The van der Waals surface area contributed by atoms with Crippen LogP contribution in [0.1, 0.15) is 51.4 Å². The maximum absolute atomic E-state index is 3.67. The van der Waals surface area contributed by atoms with E-state index in [1.54, 1.807) is 5.57 Å². The molecule has 0 aromatic carbocycles. The van der Waals surface area contributed by atoms with Gasteiger partial charge in [0.2, 0.25) is 0 Å². The monoisotopic (exact) mass is 217 g/mol. The Morgan fingerprint density at radius 2 is 1.94 bits per heavy atom. The van der Waals surface area contributed by atoms with Gasteiger partial charge in [0.15, 0.2) is 0 Å². The van der Waals surface area contributed by atoms with Crippen molar-refractivity contribution in [3.63, 3.8) is 0 Å². The summed E-state index contributed by atoms with van der Waals surface area (Å²) >= 11 is 0. The van der Waals surface area contributed by atoms with Gasteiger partial charge in [-0.15, -0.1) is 0 Å². The van der Waals surface area contributed by atoms with Gasteiger partial charge in [-0.25, -0.2) is 0 Å². The molecule has 1 saturated carbocycles. The van der Waals surface area contributed by atoms with Crippen molar-refractivity contribution in [1.29, 1.82) is 0 Å². The highest BCUT2D eigenvalue weighted by molar-refractivity contribution is 5.26. The lowest BCUT2D eigenvalue weighted by Crippen LogP contribution is -2.39. The second-order valence-electron chi connectivity index (χ2n) is 5.73. The maximum Gasteiger partial charge on any atom is 0.0289 e. The average molecular weight is 217 g/mol. The molecule has 2 atom stereocenters. The maximum atomic E-state index is 3.67. The quantitative estimate of drug-likeness (QED) is 0.705. The van der Waals surface area contributed by atoms with E-state index in [1.807, 2.05) is 0 Å². The van der Waals surface area contributed by atoms with Gasteiger partial charge in [-0.1, -0.05) is 31.4 Å². The molecule has 0 bridgehead atoms. The minimum atomic E-state index is 0.778. The Labute approximate surface area is 99.0 Å². The average Bonchev–Trinajstić information content (AvgIpc) is 2.39. The summed E-state index contributed by atoms with van der Waals surface area (Å²) in [5.74, 6) is 1.82. The molecular weight excluding hydrogens is 194 g/mol. The second kappa shape index (κ2) is 4.65. The Kier molecular flexibility index (Phi) is 3.03. The minimum absolute atomic E-state index is 0.778. The third-order valence-corrected chi connectivity index (χ3v) is 4.68. The van der Waals surface area contributed by atoms with E-state index in [9.17, 15) is 0 Å². The standard InChI is InChI=1S/C15H23N/c1-2-6-12(7-3-1)15-10-13-8-4-5-9-14(13)11-16-15/h5,9,11-13,15-16H,1-4,6-8,10H2. The lowest BCUT2D eigenvalue weighted by atomic mass is 9.75. The molecule has 1 fully saturated rings. The van der Waals surface area contributed by atoms with Crippen molar-refractivity contribution in [2.24, 2.45) is 11.8 Å². The summed E-state index contributed by atoms with van der Waals surface area (Å²) < 4.78 is 0. The van der Waals surface area contributed by atoms with Crippen LogP contribution in [0.15, 0.2) is 23.9 Å². The van der Waals surface area contributed by atoms with Crippen molar-refractivity contribution in [2.75, 3.05) is 0 Å². The van der Waals surface area contributed by atoms with Crippen molar-refractivity contribution in [1.82, 2.24) is 5.32 Å². The summed E-state index contributed by atoms with van der Waals surface area (Å²) in [4.78, 5) is 0. The highest BCUT2D eigenvalue weighted by Crippen LogP contribution is 2.36. The lowest BCUT2D eigenvalue weighted by molar-refractivity contribution is 0.243. The molecule has 0 aromatic heterocycles. The molecule has 3 rings (SSSR count). The molecule has 16 heavy (non-hydrogen) atoms. The zero-order chi connectivity index (χ0) is 10.8. The largest absolute Gasteiger partial charge is 0.388 e. The van der Waals surface area contributed by atoms with E-state index in [0.717, 1.165) is 17.9 Å². The van der Waals surface area contributed by atoms with E-state index in [1.165, 1.54) is 51.4 Å². The summed E-state index contributed by atoms with van der Waals surface area (Å²) in [6.07, 6.45) is 18.3. The summed E-state index contributed by atoms with van der Waals surface area (Å²) in [6.45, 7) is 0. The second-order valence-corrected chi connectivity index (χ2v) is 5.73. The SMILES string of the molecule is C1=CC2=CNC(C3CCCCC3)CC2CC1. The Hall–Kier alpha value is -0.720. The normalized spacial score (nSPS) is 35.1. The summed E-state index contributed by atoms with van der Waals surface area (Å²) in [6, 6.07) is 0.778. The highest BCUT2D eigenvalue weighted by Gasteiger charge is 2.29. The highest BCUT2D eigenvalue weighted by atomic mass is 14.9. The van der Waals surface area contributed by atoms with Gasteiger partial charge in [-0.3, -0.25) is 0 Å². The Morgan fingerprint density at radius 1 is 1.06 bits per heavy atom. The van der Waals surface area contributed by atoms with Crippen molar-refractivity contribution >= 4 is 0 Å². The van der Waals surface area contributed by atoms with Gasteiger partial charge in [0, 0.05) is 12.2 Å². The molecule has 1 nitrogen and oxygen atoms in total. The van der Waals surface area contributed by atoms with E-state index in [-0.39, 0.29) is 0 Å². The number of hydrogen-bond donors (Lipinski definition) is 1. The van der Waals surface area contributed by atoms with Crippen LogP contribution in [-0.2, 0) is 0 Å². The number of allylic oxidation sites excluding steroid dienone is 3. The zero-order valence-electron chi connectivity index (χ0n) is 10.1. The first-order valence-electron chi connectivity index (χ1n) is 7.06. The molecule has 0 aromatic rings. The van der Waals surface area contributed by atoms with Crippen LogP contribution in [0, 0.1) is 11.8 Å². The molecule has 88 valence electrons. The molecule has 1 aliphatic heterocycles. The first-order valence-corrected chi connectivity index (χ1v) is 7.06. The van der Waals surface area contributed by atoms with Crippen LogP contribution in [0.4, 0.5) is 0 Å². The van der Waals surface area contributed by atoms with Crippen LogP contribution in [0.25, 0.3) is 0 Å². The molecular formula is C15H23N. The van der Waals surface area contributed by atoms with Gasteiger partial charge < -0.3 is 5.32 Å². The van der Waals surface area contributed by atoms with Crippen molar-refractivity contribution in [3.05, 3.63) is 23.9 Å². The van der Waals surface area contributed by atoms with Crippen LogP contribution in [-0.4, -0.2) is 6.04 Å². The van der Waals surface area contributed by atoms with Gasteiger partial charge in [0.05, 0.1) is 0 Å². The van der Waals surface area contributed by atoms with Gasteiger partial charge >= 0.3 is 0 Å². The summed E-state index contributed by atoms with van der Waals surface area (Å²) in [7, 11) is 0. The van der Waals surface area contributed by atoms with Gasteiger partial charge in [-0.2, -0.15) is 0 Å². The molecule has 1 heterocycles. The predicted octanol–water partition coefficient (Wildman–Crippen LogP) is 3.78. The molecule has 2 aliphatic carbocycles. The van der Waals surface area contributed by atoms with Gasteiger partial charge in [0.25, 0.3) is 0 Å². The van der Waals surface area contributed by atoms with E-state index in [4.69, 9.17) is 0 Å². The topological polar surface area (TPSA) is 12.0 Å². The van der Waals surface area contributed by atoms with E-state index in [0.29, 0.717) is 0 Å². The summed E-state index contributed by atoms with van der Waals surface area (Å²) in [5.41, 5.74) is 1.55. The van der Waals surface area contributed by atoms with Crippen LogP contribution < -0.4 is 5.32 Å². The third kappa shape index (κ3) is 2.05. The van der Waals surface area contributed by atoms with Gasteiger partial charge in [-0.05, 0) is 49.5 Å². The molecule has 3 aliphatic rings. The minimum Gasteiger partial charge on any atom is -0.388 e. The number of rotatable bonds is 1. The number of hydrogen-bond acceptors (Lipinski definition) is 1. The smallest absolute Gasteiger partial charge is 0.0289 e. The Morgan fingerprint density at radius 3 is 2.81 bits per heavy atom. The van der Waals surface area contributed by atoms with Crippen molar-refractivity contribution < 1.29 is 0 Å². The molecule has 0 amide bonds. The number of fused-ring (bicyclic) bond motifs is 1. The van der Waals surface area contributed by atoms with Crippen LogP contribution in [0.2, 0.25) is 0 Å². The number of nitrogens with one attached hydrogen (secondary N) is 1. The molecule has 0 saturated heterocycles. The molecule has 2 unspecified atom stereocenters. The molecule has 1 heteroatoms. The van der Waals surface area contributed by atoms with Crippen molar-refractivity contribution in [3.8, 4) is 0 Å². The Balaban J connectivity index is 1.67. The molecule has 0 spiro atoms. The van der Waals surface area contributed by atoms with Crippen LogP contribution >= 0.6 is 0 Å². The van der Waals surface area contributed by atoms with E-state index < -0.39 is 0 Å².